The molecule has 1 heterocycles. The highest BCUT2D eigenvalue weighted by Gasteiger charge is 2.36. The zero-order chi connectivity index (χ0) is 24.0. The standard InChI is InChI=1S/C25H25ClFN3O2S/c1-5-6-13-33-25-23(28-3)22(17-12-11-16(26)14-18(17)27)21(15(2)29-25)24(31)30-19-9-7-8-10-20(19)32-4/h7-12,14,22,29H,5-6,13H2,1-2,4H3,(H,30,31). The number of hydrogen-bond donors (Lipinski definition) is 2. The lowest BCUT2D eigenvalue weighted by molar-refractivity contribution is -0.113. The Morgan fingerprint density at radius 1 is 1.33 bits per heavy atom. The van der Waals surface area contributed by atoms with Crippen LogP contribution in [0.4, 0.5) is 10.1 Å². The first-order valence-corrected chi connectivity index (χ1v) is 11.9. The molecule has 0 saturated heterocycles. The molecule has 1 aliphatic rings. The first-order valence-electron chi connectivity index (χ1n) is 10.5. The predicted molar refractivity (Wildman–Crippen MR) is 133 cm³/mol. The molecular weight excluding hydrogens is 461 g/mol. The van der Waals surface area contributed by atoms with E-state index in [1.807, 2.05) is 0 Å². The minimum atomic E-state index is -0.875. The van der Waals surface area contributed by atoms with E-state index in [9.17, 15) is 4.79 Å². The summed E-state index contributed by atoms with van der Waals surface area (Å²) in [6.45, 7) is 11.7. The van der Waals surface area contributed by atoms with Gasteiger partial charge in [0.15, 0.2) is 0 Å². The summed E-state index contributed by atoms with van der Waals surface area (Å²) in [5.74, 6) is -0.575. The van der Waals surface area contributed by atoms with Crippen LogP contribution >= 0.6 is 23.4 Å². The van der Waals surface area contributed by atoms with E-state index >= 15 is 4.39 Å². The molecule has 2 N–H and O–H groups in total. The fourth-order valence-corrected chi connectivity index (χ4v) is 4.94. The second-order valence-electron chi connectivity index (χ2n) is 7.45. The number of nitrogens with zero attached hydrogens (tertiary/aromatic N) is 1. The monoisotopic (exact) mass is 485 g/mol. The Morgan fingerprint density at radius 2 is 2.09 bits per heavy atom. The molecular formula is C25H25ClFN3O2S. The third kappa shape index (κ3) is 5.52. The Balaban J connectivity index is 2.09. The lowest BCUT2D eigenvalue weighted by Gasteiger charge is -2.30. The number of carbonyl (C=O) groups is 1. The fraction of sp³-hybridized carbons (Fsp3) is 0.280. The Hall–Kier alpha value is -2.95. The van der Waals surface area contributed by atoms with Crippen molar-refractivity contribution in [3.05, 3.63) is 92.3 Å². The quantitative estimate of drug-likeness (QED) is 0.322. The van der Waals surface area contributed by atoms with Crippen molar-refractivity contribution < 1.29 is 13.9 Å². The van der Waals surface area contributed by atoms with Crippen molar-refractivity contribution in [3.63, 3.8) is 0 Å². The molecule has 1 amide bonds. The minimum absolute atomic E-state index is 0.227. The number of ether oxygens (including phenoxy) is 1. The fourth-order valence-electron chi connectivity index (χ4n) is 3.61. The van der Waals surface area contributed by atoms with E-state index < -0.39 is 17.6 Å². The molecule has 0 fully saturated rings. The third-order valence-electron chi connectivity index (χ3n) is 5.24. The average molecular weight is 486 g/mol. The number of para-hydroxylation sites is 2. The van der Waals surface area contributed by atoms with Crippen molar-refractivity contribution >= 4 is 35.0 Å². The zero-order valence-electron chi connectivity index (χ0n) is 18.7. The highest BCUT2D eigenvalue weighted by atomic mass is 35.5. The largest absolute Gasteiger partial charge is 0.495 e. The average Bonchev–Trinajstić information content (AvgIpc) is 2.79. The molecule has 1 aliphatic heterocycles. The Labute approximate surface area is 202 Å². The number of allylic oxidation sites excluding steroid dienone is 2. The summed E-state index contributed by atoms with van der Waals surface area (Å²) in [7, 11) is 1.52. The van der Waals surface area contributed by atoms with Crippen molar-refractivity contribution in [3.8, 4) is 5.75 Å². The van der Waals surface area contributed by atoms with Gasteiger partial charge in [-0.05, 0) is 48.9 Å². The number of rotatable bonds is 8. The molecule has 3 rings (SSSR count). The first-order chi connectivity index (χ1) is 15.9. The molecule has 172 valence electrons. The van der Waals surface area contributed by atoms with Crippen LogP contribution in [0.3, 0.4) is 0 Å². The molecule has 33 heavy (non-hydrogen) atoms. The molecule has 5 nitrogen and oxygen atoms in total. The van der Waals surface area contributed by atoms with Crippen molar-refractivity contribution in [2.24, 2.45) is 0 Å². The van der Waals surface area contributed by atoms with Gasteiger partial charge >= 0.3 is 0 Å². The van der Waals surface area contributed by atoms with Crippen LogP contribution in [0.5, 0.6) is 5.75 Å². The number of amides is 1. The van der Waals surface area contributed by atoms with E-state index in [1.54, 1.807) is 37.3 Å². The van der Waals surface area contributed by atoms with Crippen LogP contribution in [0.2, 0.25) is 5.02 Å². The van der Waals surface area contributed by atoms with Gasteiger partial charge in [-0.2, -0.15) is 0 Å². The van der Waals surface area contributed by atoms with Crippen LogP contribution in [-0.4, -0.2) is 18.8 Å². The van der Waals surface area contributed by atoms with Crippen LogP contribution in [0.15, 0.2) is 64.5 Å². The van der Waals surface area contributed by atoms with Gasteiger partial charge < -0.3 is 15.4 Å². The number of methoxy groups -OCH3 is 1. The number of hydrogen-bond acceptors (Lipinski definition) is 4. The maximum absolute atomic E-state index is 15.1. The smallest absolute Gasteiger partial charge is 0.253 e. The zero-order valence-corrected chi connectivity index (χ0v) is 20.2. The Kier molecular flexibility index (Phi) is 8.43. The van der Waals surface area contributed by atoms with Gasteiger partial charge in [-0.3, -0.25) is 4.79 Å². The Morgan fingerprint density at radius 3 is 2.76 bits per heavy atom. The molecule has 0 bridgehead atoms. The summed E-state index contributed by atoms with van der Waals surface area (Å²) in [5.41, 5.74) is 1.83. The van der Waals surface area contributed by atoms with Gasteiger partial charge in [0.1, 0.15) is 11.6 Å². The molecule has 0 radical (unpaired) electrons. The van der Waals surface area contributed by atoms with Crippen LogP contribution in [0, 0.1) is 12.4 Å². The molecule has 0 aromatic heterocycles. The highest BCUT2D eigenvalue weighted by Crippen LogP contribution is 2.43. The van der Waals surface area contributed by atoms with Crippen molar-refractivity contribution in [2.45, 2.75) is 32.6 Å². The molecule has 2 aromatic carbocycles. The number of dihydropyridines is 1. The number of benzene rings is 2. The summed E-state index contributed by atoms with van der Waals surface area (Å²) < 4.78 is 20.4. The van der Waals surface area contributed by atoms with Crippen LogP contribution < -0.4 is 15.4 Å². The van der Waals surface area contributed by atoms with Gasteiger partial charge in [-0.25, -0.2) is 9.24 Å². The Bertz CT molecular complexity index is 1160. The summed E-state index contributed by atoms with van der Waals surface area (Å²) in [4.78, 5) is 17.2. The van der Waals surface area contributed by atoms with E-state index in [0.29, 0.717) is 22.2 Å². The molecule has 1 unspecified atom stereocenters. The lowest BCUT2D eigenvalue weighted by atomic mass is 9.84. The lowest BCUT2D eigenvalue weighted by Crippen LogP contribution is -2.30. The number of halogens is 2. The number of carbonyl (C=O) groups excluding carboxylic acids is 1. The van der Waals surface area contributed by atoms with Gasteiger partial charge in [0.05, 0.1) is 30.3 Å². The number of thioether (sulfide) groups is 1. The highest BCUT2D eigenvalue weighted by molar-refractivity contribution is 8.03. The van der Waals surface area contributed by atoms with Crippen LogP contribution in [0.25, 0.3) is 4.85 Å². The van der Waals surface area contributed by atoms with Crippen molar-refractivity contribution in [1.29, 1.82) is 0 Å². The van der Waals surface area contributed by atoms with Crippen molar-refractivity contribution in [2.75, 3.05) is 18.2 Å². The summed E-state index contributed by atoms with van der Waals surface area (Å²) in [6.07, 6.45) is 2.00. The third-order valence-corrected chi connectivity index (χ3v) is 6.57. The molecule has 0 saturated carbocycles. The molecule has 0 aliphatic carbocycles. The number of unbranched alkanes of at least 4 members (excludes halogenated alkanes) is 1. The molecule has 2 aromatic rings. The number of nitrogens with one attached hydrogen (secondary N) is 2. The topological polar surface area (TPSA) is 54.7 Å². The molecule has 0 spiro atoms. The van der Waals surface area contributed by atoms with E-state index in [2.05, 4.69) is 22.4 Å². The van der Waals surface area contributed by atoms with E-state index in [0.717, 1.165) is 18.6 Å². The van der Waals surface area contributed by atoms with Crippen LogP contribution in [0.1, 0.15) is 38.2 Å². The van der Waals surface area contributed by atoms with Crippen molar-refractivity contribution in [1.82, 2.24) is 5.32 Å². The van der Waals surface area contributed by atoms with Gasteiger partial charge in [0, 0.05) is 16.3 Å². The molecule has 1 atom stereocenters. The normalized spacial score (nSPS) is 15.7. The predicted octanol–water partition coefficient (Wildman–Crippen LogP) is 6.71. The number of anilines is 1. The SMILES string of the molecule is [C-]#[N+]C1=C(SCCCC)NC(C)=C(C(=O)Nc2ccccc2OC)C1c1ccc(Cl)cc1F. The summed E-state index contributed by atoms with van der Waals surface area (Å²) in [5, 5.41) is 6.97. The summed E-state index contributed by atoms with van der Waals surface area (Å²) >= 11 is 7.48. The second-order valence-corrected chi connectivity index (χ2v) is 8.99. The minimum Gasteiger partial charge on any atom is -0.495 e. The molecule has 8 heteroatoms. The first kappa shape index (κ1) is 24.7. The van der Waals surface area contributed by atoms with Gasteiger partial charge in [-0.1, -0.05) is 43.1 Å². The van der Waals surface area contributed by atoms with E-state index in [-0.39, 0.29) is 21.9 Å². The van der Waals surface area contributed by atoms with Gasteiger partial charge in [0.2, 0.25) is 5.70 Å². The summed E-state index contributed by atoms with van der Waals surface area (Å²) in [6, 6.07) is 11.3. The maximum atomic E-state index is 15.1. The van der Waals surface area contributed by atoms with Gasteiger partial charge in [-0.15, -0.1) is 11.8 Å². The van der Waals surface area contributed by atoms with Gasteiger partial charge in [0.25, 0.3) is 5.91 Å². The second kappa shape index (κ2) is 11.3. The van der Waals surface area contributed by atoms with Crippen LogP contribution in [-0.2, 0) is 4.79 Å². The maximum Gasteiger partial charge on any atom is 0.253 e. The van der Waals surface area contributed by atoms with E-state index in [1.165, 1.54) is 31.0 Å². The van der Waals surface area contributed by atoms with E-state index in [4.69, 9.17) is 22.9 Å².